The molecule has 2 heterocycles. The van der Waals surface area contributed by atoms with E-state index < -0.39 is 0 Å². The van der Waals surface area contributed by atoms with Crippen LogP contribution in [0.3, 0.4) is 0 Å². The maximum absolute atomic E-state index is 11.9. The largest absolute Gasteiger partial charge is 0.454 e. The van der Waals surface area contributed by atoms with Crippen molar-refractivity contribution in [3.05, 3.63) is 17.7 Å². The van der Waals surface area contributed by atoms with Crippen molar-refractivity contribution >= 4 is 11.6 Å². The summed E-state index contributed by atoms with van der Waals surface area (Å²) in [4.78, 5) is 11.9. The minimum Gasteiger partial charge on any atom is -0.454 e. The summed E-state index contributed by atoms with van der Waals surface area (Å²) < 4.78 is 10.6. The third-order valence-electron chi connectivity index (χ3n) is 3.30. The van der Waals surface area contributed by atoms with Crippen molar-refractivity contribution in [1.82, 2.24) is 0 Å². The highest BCUT2D eigenvalue weighted by molar-refractivity contribution is 5.96. The molecule has 92 valence electrons. The zero-order valence-corrected chi connectivity index (χ0v) is 9.73. The van der Waals surface area contributed by atoms with E-state index in [1.165, 1.54) is 0 Å². The zero-order chi connectivity index (χ0) is 12.5. The lowest BCUT2D eigenvalue weighted by Crippen LogP contribution is -2.29. The smallest absolute Gasteiger partial charge is 0.231 e. The van der Waals surface area contributed by atoms with Crippen LogP contribution in [-0.2, 0) is 11.2 Å². The van der Waals surface area contributed by atoms with Crippen LogP contribution in [0.4, 0.5) is 5.69 Å². The van der Waals surface area contributed by atoms with Gasteiger partial charge < -0.3 is 14.8 Å². The molecule has 0 saturated carbocycles. The van der Waals surface area contributed by atoms with Crippen LogP contribution in [-0.4, -0.2) is 12.7 Å². The standard InChI is InChI=1S/C13H12N2O3/c14-3-1-2-8-4-9-5-11-12(18-7-17-11)6-10(9)15-13(8)16/h5-6,8H,1-2,4,7H2,(H,15,16). The molecule has 2 aliphatic rings. The molecule has 0 fully saturated rings. The number of rotatable bonds is 2. The third-order valence-corrected chi connectivity index (χ3v) is 3.30. The summed E-state index contributed by atoms with van der Waals surface area (Å²) in [6.45, 7) is 0.226. The Morgan fingerprint density at radius 3 is 2.94 bits per heavy atom. The van der Waals surface area contributed by atoms with Gasteiger partial charge in [0.1, 0.15) is 0 Å². The Bertz CT molecular complexity index is 548. The van der Waals surface area contributed by atoms with Crippen LogP contribution in [0.25, 0.3) is 0 Å². The predicted molar refractivity (Wildman–Crippen MR) is 63.2 cm³/mol. The van der Waals surface area contributed by atoms with Crippen LogP contribution in [0.15, 0.2) is 12.1 Å². The number of anilines is 1. The SMILES string of the molecule is N#CCCC1Cc2cc3c(cc2NC1=O)OCO3. The highest BCUT2D eigenvalue weighted by Crippen LogP contribution is 2.40. The fraction of sp³-hybridized carbons (Fsp3) is 0.385. The van der Waals surface area contributed by atoms with E-state index in [9.17, 15) is 4.79 Å². The van der Waals surface area contributed by atoms with Gasteiger partial charge in [-0.1, -0.05) is 0 Å². The molecule has 1 N–H and O–H groups in total. The molecular formula is C13H12N2O3. The number of nitriles is 1. The molecule has 1 atom stereocenters. The Balaban J connectivity index is 1.88. The fourth-order valence-electron chi connectivity index (χ4n) is 2.33. The van der Waals surface area contributed by atoms with E-state index in [0.717, 1.165) is 17.0 Å². The normalized spacial score (nSPS) is 19.9. The summed E-state index contributed by atoms with van der Waals surface area (Å²) >= 11 is 0. The first-order valence-electron chi connectivity index (χ1n) is 5.88. The Hall–Kier alpha value is -2.22. The average molecular weight is 244 g/mol. The molecule has 1 aromatic carbocycles. The molecule has 2 aliphatic heterocycles. The van der Waals surface area contributed by atoms with Crippen LogP contribution in [0.1, 0.15) is 18.4 Å². The summed E-state index contributed by atoms with van der Waals surface area (Å²) in [6, 6.07) is 5.79. The molecule has 0 spiro atoms. The van der Waals surface area contributed by atoms with Crippen LogP contribution in [0.5, 0.6) is 11.5 Å². The first kappa shape index (κ1) is 10.9. The summed E-state index contributed by atoms with van der Waals surface area (Å²) in [5.41, 5.74) is 1.83. The van der Waals surface area contributed by atoms with Gasteiger partial charge in [-0.3, -0.25) is 4.79 Å². The van der Waals surface area contributed by atoms with Gasteiger partial charge in [-0.25, -0.2) is 0 Å². The molecule has 3 rings (SSSR count). The van der Waals surface area contributed by atoms with Gasteiger partial charge in [-0.2, -0.15) is 5.26 Å². The first-order chi connectivity index (χ1) is 8.78. The molecule has 18 heavy (non-hydrogen) atoms. The van der Waals surface area contributed by atoms with E-state index in [0.29, 0.717) is 25.0 Å². The van der Waals surface area contributed by atoms with Gasteiger partial charge >= 0.3 is 0 Å². The van der Waals surface area contributed by atoms with E-state index in [1.807, 2.05) is 6.07 Å². The number of carbonyl (C=O) groups excluding carboxylic acids is 1. The van der Waals surface area contributed by atoms with E-state index in [2.05, 4.69) is 11.4 Å². The molecule has 5 nitrogen and oxygen atoms in total. The van der Waals surface area contributed by atoms with Crippen molar-refractivity contribution in [2.75, 3.05) is 12.1 Å². The second-order valence-electron chi connectivity index (χ2n) is 4.45. The van der Waals surface area contributed by atoms with Crippen LogP contribution < -0.4 is 14.8 Å². The van der Waals surface area contributed by atoms with Gasteiger partial charge in [-0.05, 0) is 24.5 Å². The van der Waals surface area contributed by atoms with Gasteiger partial charge in [0.25, 0.3) is 0 Å². The molecule has 0 aliphatic carbocycles. The van der Waals surface area contributed by atoms with Crippen molar-refractivity contribution in [3.63, 3.8) is 0 Å². The van der Waals surface area contributed by atoms with Gasteiger partial charge in [-0.15, -0.1) is 0 Å². The third kappa shape index (κ3) is 1.76. The minimum absolute atomic E-state index is 0.0170. The van der Waals surface area contributed by atoms with Gasteiger partial charge in [0.2, 0.25) is 12.7 Å². The van der Waals surface area contributed by atoms with Crippen molar-refractivity contribution in [2.45, 2.75) is 19.3 Å². The maximum Gasteiger partial charge on any atom is 0.231 e. The number of carbonyl (C=O) groups is 1. The number of ether oxygens (including phenoxy) is 2. The first-order valence-corrected chi connectivity index (χ1v) is 5.88. The number of hydrogen-bond acceptors (Lipinski definition) is 4. The molecule has 1 aromatic rings. The Morgan fingerprint density at radius 2 is 2.17 bits per heavy atom. The monoisotopic (exact) mass is 244 g/mol. The number of fused-ring (bicyclic) bond motifs is 2. The fourth-order valence-corrected chi connectivity index (χ4v) is 2.33. The molecule has 0 aromatic heterocycles. The van der Waals surface area contributed by atoms with Crippen LogP contribution in [0.2, 0.25) is 0 Å². The molecule has 5 heteroatoms. The Kier molecular flexibility index (Phi) is 2.56. The van der Waals surface area contributed by atoms with Crippen molar-refractivity contribution in [1.29, 1.82) is 5.26 Å². The van der Waals surface area contributed by atoms with E-state index in [4.69, 9.17) is 14.7 Å². The number of nitrogens with zero attached hydrogens (tertiary/aromatic N) is 1. The number of amides is 1. The number of hydrogen-bond donors (Lipinski definition) is 1. The highest BCUT2D eigenvalue weighted by atomic mass is 16.7. The Morgan fingerprint density at radius 1 is 1.39 bits per heavy atom. The van der Waals surface area contributed by atoms with E-state index in [-0.39, 0.29) is 18.6 Å². The molecule has 0 radical (unpaired) electrons. The highest BCUT2D eigenvalue weighted by Gasteiger charge is 2.28. The molecule has 1 amide bonds. The van der Waals surface area contributed by atoms with Gasteiger partial charge in [0, 0.05) is 24.1 Å². The molecular weight excluding hydrogens is 232 g/mol. The summed E-state index contributed by atoms with van der Waals surface area (Å²) in [7, 11) is 0. The maximum atomic E-state index is 11.9. The number of benzene rings is 1. The summed E-state index contributed by atoms with van der Waals surface area (Å²) in [5, 5.41) is 11.5. The zero-order valence-electron chi connectivity index (χ0n) is 9.73. The lowest BCUT2D eigenvalue weighted by molar-refractivity contribution is -0.120. The predicted octanol–water partition coefficient (Wildman–Crippen LogP) is 1.83. The van der Waals surface area contributed by atoms with Crippen LogP contribution >= 0.6 is 0 Å². The Labute approximate surface area is 104 Å². The lowest BCUT2D eigenvalue weighted by atomic mass is 9.89. The summed E-state index contributed by atoms with van der Waals surface area (Å²) in [6.07, 6.45) is 1.65. The van der Waals surface area contributed by atoms with Crippen LogP contribution in [0, 0.1) is 17.2 Å². The summed E-state index contributed by atoms with van der Waals surface area (Å²) in [5.74, 6) is 1.25. The van der Waals surface area contributed by atoms with E-state index in [1.54, 1.807) is 6.07 Å². The molecule has 0 bridgehead atoms. The van der Waals surface area contributed by atoms with Crippen molar-refractivity contribution in [2.24, 2.45) is 5.92 Å². The second kappa shape index (κ2) is 4.22. The molecule has 1 unspecified atom stereocenters. The average Bonchev–Trinajstić information content (AvgIpc) is 2.80. The van der Waals surface area contributed by atoms with Gasteiger partial charge in [0.15, 0.2) is 11.5 Å². The second-order valence-corrected chi connectivity index (χ2v) is 4.45. The van der Waals surface area contributed by atoms with E-state index >= 15 is 0 Å². The lowest BCUT2D eigenvalue weighted by Gasteiger charge is -2.24. The van der Waals surface area contributed by atoms with Crippen molar-refractivity contribution in [3.8, 4) is 17.6 Å². The minimum atomic E-state index is -0.127. The van der Waals surface area contributed by atoms with Crippen molar-refractivity contribution < 1.29 is 14.3 Å². The van der Waals surface area contributed by atoms with Gasteiger partial charge in [0.05, 0.1) is 6.07 Å². The quantitative estimate of drug-likeness (QED) is 0.861. The molecule has 0 saturated heterocycles. The topological polar surface area (TPSA) is 71.4 Å². The number of nitrogens with one attached hydrogen (secondary N) is 1.